The van der Waals surface area contributed by atoms with Crippen LogP contribution >= 0.6 is 0 Å². The summed E-state index contributed by atoms with van der Waals surface area (Å²) in [6.45, 7) is 0. The molecule has 0 fully saturated rings. The molecule has 0 aliphatic rings. The van der Waals surface area contributed by atoms with Gasteiger partial charge in [0, 0.05) is 11.1 Å². The van der Waals surface area contributed by atoms with E-state index >= 15 is 0 Å². The number of carbonyl (C=O) groups excluding carboxylic acids is 2. The number of benzene rings is 2. The molecular formula is C16H12O2. The van der Waals surface area contributed by atoms with Gasteiger partial charge in [-0.3, -0.25) is 9.59 Å². The van der Waals surface area contributed by atoms with Gasteiger partial charge in [-0.2, -0.15) is 0 Å². The molecule has 0 aromatic heterocycles. The van der Waals surface area contributed by atoms with Gasteiger partial charge in [0.2, 0.25) is 0 Å². The second kappa shape index (κ2) is 5.73. The van der Waals surface area contributed by atoms with Crippen LogP contribution in [0.2, 0.25) is 0 Å². The molecule has 88 valence electrons. The first kappa shape index (κ1) is 12.0. The van der Waals surface area contributed by atoms with Gasteiger partial charge in [-0.1, -0.05) is 48.6 Å². The van der Waals surface area contributed by atoms with E-state index in [4.69, 9.17) is 0 Å². The Morgan fingerprint density at radius 1 is 0.611 bits per heavy atom. The van der Waals surface area contributed by atoms with Crippen molar-refractivity contribution in [3.8, 4) is 0 Å². The lowest BCUT2D eigenvalue weighted by Gasteiger charge is -1.97. The van der Waals surface area contributed by atoms with Gasteiger partial charge in [-0.25, -0.2) is 0 Å². The molecule has 0 aliphatic carbocycles. The van der Waals surface area contributed by atoms with Crippen LogP contribution in [0.5, 0.6) is 0 Å². The van der Waals surface area contributed by atoms with Crippen molar-refractivity contribution < 1.29 is 9.59 Å². The van der Waals surface area contributed by atoms with E-state index in [-0.39, 0.29) is 0 Å². The van der Waals surface area contributed by atoms with E-state index in [9.17, 15) is 9.59 Å². The Hall–Kier alpha value is -2.48. The highest BCUT2D eigenvalue weighted by Gasteiger charge is 1.93. The lowest BCUT2D eigenvalue weighted by Crippen LogP contribution is -1.81. The van der Waals surface area contributed by atoms with Crippen LogP contribution in [0.4, 0.5) is 0 Å². The van der Waals surface area contributed by atoms with Gasteiger partial charge >= 0.3 is 0 Å². The Kier molecular flexibility index (Phi) is 3.82. The molecule has 0 amide bonds. The van der Waals surface area contributed by atoms with Crippen LogP contribution in [0.1, 0.15) is 31.8 Å². The largest absolute Gasteiger partial charge is 0.298 e. The molecular weight excluding hydrogens is 224 g/mol. The van der Waals surface area contributed by atoms with Gasteiger partial charge in [0.05, 0.1) is 0 Å². The molecule has 0 spiro atoms. The Balaban J connectivity index is 2.23. The third kappa shape index (κ3) is 3.01. The average molecular weight is 236 g/mol. The zero-order valence-electron chi connectivity index (χ0n) is 9.74. The van der Waals surface area contributed by atoms with Crippen LogP contribution in [0, 0.1) is 0 Å². The van der Waals surface area contributed by atoms with Gasteiger partial charge < -0.3 is 0 Å². The summed E-state index contributed by atoms with van der Waals surface area (Å²) in [5, 5.41) is 0. The van der Waals surface area contributed by atoms with Crippen LogP contribution in [0.3, 0.4) is 0 Å². The summed E-state index contributed by atoms with van der Waals surface area (Å²) in [5.74, 6) is 0. The summed E-state index contributed by atoms with van der Waals surface area (Å²) >= 11 is 0. The van der Waals surface area contributed by atoms with E-state index in [2.05, 4.69) is 0 Å². The fourth-order valence-corrected chi connectivity index (χ4v) is 1.66. The van der Waals surface area contributed by atoms with Crippen LogP contribution in [0.15, 0.2) is 48.5 Å². The van der Waals surface area contributed by atoms with Gasteiger partial charge in [0.25, 0.3) is 0 Å². The molecule has 2 heteroatoms. The fourth-order valence-electron chi connectivity index (χ4n) is 1.66. The van der Waals surface area contributed by atoms with Crippen molar-refractivity contribution in [3.05, 3.63) is 70.8 Å². The predicted molar refractivity (Wildman–Crippen MR) is 72.6 cm³/mol. The first-order chi connectivity index (χ1) is 8.81. The zero-order valence-corrected chi connectivity index (χ0v) is 9.74. The summed E-state index contributed by atoms with van der Waals surface area (Å²) in [5.41, 5.74) is 3.21. The van der Waals surface area contributed by atoms with Crippen LogP contribution < -0.4 is 0 Å². The smallest absolute Gasteiger partial charge is 0.150 e. The van der Waals surface area contributed by atoms with Crippen LogP contribution in [0.25, 0.3) is 12.2 Å². The number of hydrogen-bond acceptors (Lipinski definition) is 2. The van der Waals surface area contributed by atoms with Crippen molar-refractivity contribution in [1.29, 1.82) is 0 Å². The van der Waals surface area contributed by atoms with Gasteiger partial charge in [-0.15, -0.1) is 0 Å². The number of carbonyl (C=O) groups is 2. The number of hydrogen-bond donors (Lipinski definition) is 0. The highest BCUT2D eigenvalue weighted by atomic mass is 16.1. The van der Waals surface area contributed by atoms with Crippen molar-refractivity contribution in [2.24, 2.45) is 0 Å². The van der Waals surface area contributed by atoms with Crippen molar-refractivity contribution in [1.82, 2.24) is 0 Å². The van der Waals surface area contributed by atoms with Gasteiger partial charge in [0.1, 0.15) is 12.6 Å². The Labute approximate surface area is 106 Å². The van der Waals surface area contributed by atoms with Crippen molar-refractivity contribution in [2.75, 3.05) is 0 Å². The molecule has 0 heterocycles. The third-order valence-electron chi connectivity index (χ3n) is 2.56. The molecule has 0 radical (unpaired) electrons. The van der Waals surface area contributed by atoms with Crippen molar-refractivity contribution in [2.45, 2.75) is 0 Å². The molecule has 2 aromatic carbocycles. The topological polar surface area (TPSA) is 34.1 Å². The molecule has 0 aliphatic heterocycles. The Morgan fingerprint density at radius 3 is 1.39 bits per heavy atom. The molecule has 0 bridgehead atoms. The predicted octanol–water partition coefficient (Wildman–Crippen LogP) is 3.48. The first-order valence-electron chi connectivity index (χ1n) is 5.60. The Bertz CT molecular complexity index is 544. The van der Waals surface area contributed by atoms with E-state index in [1.54, 1.807) is 12.1 Å². The van der Waals surface area contributed by atoms with E-state index in [0.717, 1.165) is 23.7 Å². The standard InChI is InChI=1S/C16H12O2/c17-11-15-5-1-3-13(9-15)7-8-14-4-2-6-16(10-14)12-18/h1-12H/b8-7-. The Morgan fingerprint density at radius 2 is 1.00 bits per heavy atom. The van der Waals surface area contributed by atoms with E-state index in [1.807, 2.05) is 48.6 Å². The molecule has 18 heavy (non-hydrogen) atoms. The van der Waals surface area contributed by atoms with Gasteiger partial charge in [-0.05, 0) is 23.3 Å². The molecule has 0 N–H and O–H groups in total. The van der Waals surface area contributed by atoms with Crippen LogP contribution in [-0.2, 0) is 0 Å². The molecule has 2 rings (SSSR count). The summed E-state index contributed by atoms with van der Waals surface area (Å²) < 4.78 is 0. The van der Waals surface area contributed by atoms with E-state index in [0.29, 0.717) is 11.1 Å². The minimum atomic E-state index is 0.652. The van der Waals surface area contributed by atoms with Gasteiger partial charge in [0.15, 0.2) is 0 Å². The van der Waals surface area contributed by atoms with Crippen molar-refractivity contribution >= 4 is 24.7 Å². The maximum Gasteiger partial charge on any atom is 0.150 e. The maximum absolute atomic E-state index is 10.7. The first-order valence-corrected chi connectivity index (χ1v) is 5.60. The minimum Gasteiger partial charge on any atom is -0.298 e. The average Bonchev–Trinajstić information content (AvgIpc) is 2.45. The monoisotopic (exact) mass is 236 g/mol. The second-order valence-electron chi connectivity index (χ2n) is 3.91. The lowest BCUT2D eigenvalue weighted by molar-refractivity contribution is 0.111. The molecule has 2 aromatic rings. The zero-order chi connectivity index (χ0) is 12.8. The minimum absolute atomic E-state index is 0.652. The molecule has 0 unspecified atom stereocenters. The highest BCUT2D eigenvalue weighted by molar-refractivity contribution is 5.80. The second-order valence-corrected chi connectivity index (χ2v) is 3.91. The SMILES string of the molecule is O=Cc1cccc(/C=C\c2cccc(C=O)c2)c1. The van der Waals surface area contributed by atoms with E-state index < -0.39 is 0 Å². The summed E-state index contributed by atoms with van der Waals surface area (Å²) in [6.07, 6.45) is 5.47. The number of rotatable bonds is 4. The molecule has 2 nitrogen and oxygen atoms in total. The highest BCUT2D eigenvalue weighted by Crippen LogP contribution is 2.10. The maximum atomic E-state index is 10.7. The third-order valence-corrected chi connectivity index (χ3v) is 2.56. The molecule has 0 saturated carbocycles. The number of aldehydes is 2. The van der Waals surface area contributed by atoms with E-state index in [1.165, 1.54) is 0 Å². The molecule has 0 atom stereocenters. The van der Waals surface area contributed by atoms with Crippen LogP contribution in [-0.4, -0.2) is 12.6 Å². The summed E-state index contributed by atoms with van der Waals surface area (Å²) in [6, 6.07) is 14.7. The quantitative estimate of drug-likeness (QED) is 0.601. The summed E-state index contributed by atoms with van der Waals surface area (Å²) in [7, 11) is 0. The molecule has 0 saturated heterocycles. The van der Waals surface area contributed by atoms with Crippen molar-refractivity contribution in [3.63, 3.8) is 0 Å². The fraction of sp³-hybridized carbons (Fsp3) is 0. The summed E-state index contributed by atoms with van der Waals surface area (Å²) in [4.78, 5) is 21.3. The normalized spacial score (nSPS) is 10.4. The lowest BCUT2D eigenvalue weighted by atomic mass is 10.1.